The fourth-order valence-electron chi connectivity index (χ4n) is 2.62. The molecule has 108 valence electrons. The molecule has 21 heavy (non-hydrogen) atoms. The number of halogens is 1. The van der Waals surface area contributed by atoms with Gasteiger partial charge in [0.05, 0.1) is 5.69 Å². The fraction of sp³-hybridized carbons (Fsp3) is 0.333. The summed E-state index contributed by atoms with van der Waals surface area (Å²) in [5.41, 5.74) is 8.13. The van der Waals surface area contributed by atoms with Crippen LogP contribution in [0.3, 0.4) is 0 Å². The average Bonchev–Trinajstić information content (AvgIpc) is 3.04. The molecule has 2 N–H and O–H groups in total. The van der Waals surface area contributed by atoms with Crippen molar-refractivity contribution in [1.82, 2.24) is 9.78 Å². The number of nitrogens with zero attached hydrogens (tertiary/aromatic N) is 3. The van der Waals surface area contributed by atoms with E-state index < -0.39 is 0 Å². The molecule has 0 radical (unpaired) electrons. The van der Waals surface area contributed by atoms with E-state index in [0.717, 1.165) is 18.4 Å². The van der Waals surface area contributed by atoms with Gasteiger partial charge in [-0.3, -0.25) is 0 Å². The van der Waals surface area contributed by atoms with Crippen molar-refractivity contribution >= 4 is 5.82 Å². The Bertz CT molecular complexity index is 706. The fourth-order valence-corrected chi connectivity index (χ4v) is 2.62. The third-order valence-electron chi connectivity index (χ3n) is 3.57. The van der Waals surface area contributed by atoms with Crippen LogP contribution in [0.5, 0.6) is 0 Å². The summed E-state index contributed by atoms with van der Waals surface area (Å²) in [5.74, 6) is -0.148. The van der Waals surface area contributed by atoms with Crippen molar-refractivity contribution in [3.63, 3.8) is 0 Å². The van der Waals surface area contributed by atoms with Crippen LogP contribution in [0.4, 0.5) is 10.2 Å². The van der Waals surface area contributed by atoms with E-state index in [-0.39, 0.29) is 17.7 Å². The quantitative estimate of drug-likeness (QED) is 0.920. The number of nitriles is 1. The van der Waals surface area contributed by atoms with Crippen LogP contribution >= 0.6 is 0 Å². The van der Waals surface area contributed by atoms with Gasteiger partial charge in [0.25, 0.3) is 0 Å². The van der Waals surface area contributed by atoms with Crippen LogP contribution in [0.15, 0.2) is 18.2 Å². The molecule has 3 rings (SSSR count). The maximum absolute atomic E-state index is 13.6. The van der Waals surface area contributed by atoms with Crippen LogP contribution in [0.2, 0.25) is 0 Å². The standard InChI is InChI=1S/C15H15FN4O/c1-9-5-10(16)7-11(6-9)20-15(18)12(8-17)14(19-20)13-3-2-4-21-13/h5-7,13H,2-4,18H2,1H3. The number of ether oxygens (including phenoxy) is 1. The summed E-state index contributed by atoms with van der Waals surface area (Å²) >= 11 is 0. The van der Waals surface area contributed by atoms with Crippen LogP contribution in [0.1, 0.15) is 35.8 Å². The predicted molar refractivity (Wildman–Crippen MR) is 75.3 cm³/mol. The van der Waals surface area contributed by atoms with E-state index in [1.807, 2.05) is 0 Å². The molecule has 0 saturated carbocycles. The first-order valence-corrected chi connectivity index (χ1v) is 6.78. The molecule has 0 aliphatic carbocycles. The zero-order valence-corrected chi connectivity index (χ0v) is 11.6. The van der Waals surface area contributed by atoms with Crippen molar-refractivity contribution in [2.24, 2.45) is 0 Å². The van der Waals surface area contributed by atoms with Crippen molar-refractivity contribution in [2.45, 2.75) is 25.9 Å². The lowest BCUT2D eigenvalue weighted by Gasteiger charge is -2.06. The lowest BCUT2D eigenvalue weighted by Crippen LogP contribution is -2.04. The van der Waals surface area contributed by atoms with Gasteiger partial charge >= 0.3 is 0 Å². The summed E-state index contributed by atoms with van der Waals surface area (Å²) in [4.78, 5) is 0. The second-order valence-corrected chi connectivity index (χ2v) is 5.16. The van der Waals surface area contributed by atoms with Gasteiger partial charge in [-0.15, -0.1) is 0 Å². The highest BCUT2D eigenvalue weighted by molar-refractivity contribution is 5.57. The zero-order valence-electron chi connectivity index (χ0n) is 11.6. The number of aromatic nitrogens is 2. The summed E-state index contributed by atoms with van der Waals surface area (Å²) in [6.07, 6.45) is 1.53. The molecule has 1 saturated heterocycles. The van der Waals surface area contributed by atoms with Crippen molar-refractivity contribution in [2.75, 3.05) is 12.3 Å². The third kappa shape index (κ3) is 2.36. The Morgan fingerprint density at radius 2 is 2.29 bits per heavy atom. The normalized spacial score (nSPS) is 17.9. The van der Waals surface area contributed by atoms with Crippen molar-refractivity contribution in [3.05, 3.63) is 40.8 Å². The SMILES string of the molecule is Cc1cc(F)cc(-n2nc(C3CCCO3)c(C#N)c2N)c1. The molecule has 6 heteroatoms. The van der Waals surface area contributed by atoms with Crippen LogP contribution in [0.25, 0.3) is 5.69 Å². The molecule has 1 atom stereocenters. The second-order valence-electron chi connectivity index (χ2n) is 5.16. The first-order valence-electron chi connectivity index (χ1n) is 6.78. The number of anilines is 1. The van der Waals surface area contributed by atoms with E-state index in [1.54, 1.807) is 13.0 Å². The van der Waals surface area contributed by atoms with Crippen LogP contribution < -0.4 is 5.73 Å². The smallest absolute Gasteiger partial charge is 0.145 e. The molecule has 1 aromatic heterocycles. The largest absolute Gasteiger partial charge is 0.382 e. The highest BCUT2D eigenvalue weighted by Crippen LogP contribution is 2.33. The number of benzene rings is 1. The Morgan fingerprint density at radius 1 is 1.48 bits per heavy atom. The molecule has 5 nitrogen and oxygen atoms in total. The number of rotatable bonds is 2. The van der Waals surface area contributed by atoms with Gasteiger partial charge in [-0.25, -0.2) is 9.07 Å². The number of nitrogens with two attached hydrogens (primary N) is 1. The molecule has 0 amide bonds. The average molecular weight is 286 g/mol. The first kappa shape index (κ1) is 13.6. The molecule has 2 heterocycles. The minimum atomic E-state index is -0.364. The maximum Gasteiger partial charge on any atom is 0.145 e. The Morgan fingerprint density at radius 3 is 2.90 bits per heavy atom. The topological polar surface area (TPSA) is 76.9 Å². The number of hydrogen-bond donors (Lipinski definition) is 1. The van der Waals surface area contributed by atoms with Gasteiger partial charge in [0.1, 0.15) is 35.1 Å². The number of nitrogen functional groups attached to an aromatic ring is 1. The summed E-state index contributed by atoms with van der Waals surface area (Å²) in [7, 11) is 0. The lowest BCUT2D eigenvalue weighted by atomic mass is 10.1. The van der Waals surface area contributed by atoms with Crippen molar-refractivity contribution < 1.29 is 9.13 Å². The highest BCUT2D eigenvalue weighted by atomic mass is 19.1. The minimum Gasteiger partial charge on any atom is -0.382 e. The van der Waals surface area contributed by atoms with Gasteiger partial charge in [-0.1, -0.05) is 0 Å². The summed E-state index contributed by atoms with van der Waals surface area (Å²) < 4.78 is 20.5. The van der Waals surface area contributed by atoms with Crippen LogP contribution in [-0.2, 0) is 4.74 Å². The Labute approximate surface area is 121 Å². The minimum absolute atomic E-state index is 0.210. The lowest BCUT2D eigenvalue weighted by molar-refractivity contribution is 0.108. The van der Waals surface area contributed by atoms with Gasteiger partial charge in [-0.2, -0.15) is 10.4 Å². The number of aryl methyl sites for hydroxylation is 1. The summed E-state index contributed by atoms with van der Waals surface area (Å²) in [5, 5.41) is 13.7. The van der Waals surface area contributed by atoms with E-state index in [2.05, 4.69) is 11.2 Å². The monoisotopic (exact) mass is 286 g/mol. The Balaban J connectivity index is 2.13. The molecule has 1 unspecified atom stereocenters. The van der Waals surface area contributed by atoms with E-state index in [4.69, 9.17) is 10.5 Å². The van der Waals surface area contributed by atoms with Gasteiger partial charge in [0.2, 0.25) is 0 Å². The molecular formula is C15H15FN4O. The molecule has 1 aliphatic heterocycles. The van der Waals surface area contributed by atoms with Crippen LogP contribution in [-0.4, -0.2) is 16.4 Å². The molecule has 1 aliphatic rings. The van der Waals surface area contributed by atoms with Crippen molar-refractivity contribution in [3.8, 4) is 11.8 Å². The maximum atomic E-state index is 13.6. The Kier molecular flexibility index (Phi) is 3.35. The predicted octanol–water partition coefficient (Wildman–Crippen LogP) is 2.63. The third-order valence-corrected chi connectivity index (χ3v) is 3.57. The molecule has 0 spiro atoms. The summed E-state index contributed by atoms with van der Waals surface area (Å²) in [6.45, 7) is 2.44. The molecule has 1 aromatic carbocycles. The van der Waals surface area contributed by atoms with Gasteiger partial charge in [0.15, 0.2) is 0 Å². The van der Waals surface area contributed by atoms with E-state index in [1.165, 1.54) is 16.8 Å². The molecule has 2 aromatic rings. The molecule has 0 bridgehead atoms. The molecule has 1 fully saturated rings. The second kappa shape index (κ2) is 5.19. The zero-order chi connectivity index (χ0) is 15.0. The van der Waals surface area contributed by atoms with E-state index >= 15 is 0 Å². The van der Waals surface area contributed by atoms with Gasteiger partial charge < -0.3 is 10.5 Å². The van der Waals surface area contributed by atoms with Gasteiger partial charge in [0, 0.05) is 6.61 Å². The van der Waals surface area contributed by atoms with Crippen molar-refractivity contribution in [1.29, 1.82) is 5.26 Å². The Hall–Kier alpha value is -2.39. The summed E-state index contributed by atoms with van der Waals surface area (Å²) in [6, 6.07) is 6.62. The van der Waals surface area contributed by atoms with Gasteiger partial charge in [-0.05, 0) is 43.5 Å². The highest BCUT2D eigenvalue weighted by Gasteiger charge is 2.27. The van der Waals surface area contributed by atoms with E-state index in [9.17, 15) is 9.65 Å². The number of hydrogen-bond acceptors (Lipinski definition) is 4. The van der Waals surface area contributed by atoms with Crippen LogP contribution in [0, 0.1) is 24.1 Å². The first-order chi connectivity index (χ1) is 10.1. The van der Waals surface area contributed by atoms with E-state index in [0.29, 0.717) is 23.6 Å². The molecular weight excluding hydrogens is 271 g/mol.